The lowest BCUT2D eigenvalue weighted by atomic mass is 10.2. The van der Waals surface area contributed by atoms with Gasteiger partial charge in [-0.25, -0.2) is 19.2 Å². The van der Waals surface area contributed by atoms with E-state index in [2.05, 4.69) is 9.97 Å². The lowest BCUT2D eigenvalue weighted by Gasteiger charge is -2.08. The predicted molar refractivity (Wildman–Crippen MR) is 94.3 cm³/mol. The number of hydrogen-bond acceptors (Lipinski definition) is 5. The van der Waals surface area contributed by atoms with Crippen LogP contribution in [0.5, 0.6) is 0 Å². The average Bonchev–Trinajstić information content (AvgIpc) is 2.86. The first kappa shape index (κ1) is 17.4. The third-order valence-corrected chi connectivity index (χ3v) is 4.34. The molecule has 0 radical (unpaired) electrons. The van der Waals surface area contributed by atoms with Crippen LogP contribution >= 0.6 is 12.0 Å². The summed E-state index contributed by atoms with van der Waals surface area (Å²) in [6.45, 7) is 4.29. The van der Waals surface area contributed by atoms with Crippen molar-refractivity contribution in [3.8, 4) is 17.1 Å². The topological polar surface area (TPSA) is 61.9 Å². The first-order chi connectivity index (χ1) is 12.1. The van der Waals surface area contributed by atoms with E-state index < -0.39 is 0 Å². The quantitative estimate of drug-likeness (QED) is 0.516. The van der Waals surface area contributed by atoms with Crippen molar-refractivity contribution in [2.45, 2.75) is 25.5 Å². The lowest BCUT2D eigenvalue weighted by Crippen LogP contribution is -2.23. The number of aromatic nitrogens is 4. The van der Waals surface area contributed by atoms with Crippen molar-refractivity contribution in [2.75, 3.05) is 7.11 Å². The summed E-state index contributed by atoms with van der Waals surface area (Å²) in [6, 6.07) is 7.55. The molecular formula is C17H17FN4O2S. The van der Waals surface area contributed by atoms with E-state index in [1.165, 1.54) is 19.2 Å². The zero-order chi connectivity index (χ0) is 18.0. The summed E-state index contributed by atoms with van der Waals surface area (Å²) in [5, 5.41) is 0.446. The highest BCUT2D eigenvalue weighted by Gasteiger charge is 2.20. The van der Waals surface area contributed by atoms with Gasteiger partial charge in [0.25, 0.3) is 0 Å². The standard InChI is InChI=1S/C17H17FN4O2S/c1-4-21-11(2)15(14-9-10-19-16(20-14)25-24-3)22(17(21)23)13-7-5-12(18)6-8-13/h5-10H,4H2,1-3H3. The predicted octanol–water partition coefficient (Wildman–Crippen LogP) is 3.22. The molecule has 0 fully saturated rings. The summed E-state index contributed by atoms with van der Waals surface area (Å²) in [6.07, 6.45) is 1.62. The largest absolute Gasteiger partial charge is 0.333 e. The van der Waals surface area contributed by atoms with Crippen molar-refractivity contribution < 1.29 is 8.57 Å². The number of rotatable bonds is 5. The fourth-order valence-electron chi connectivity index (χ4n) is 2.74. The molecule has 0 bridgehead atoms. The summed E-state index contributed by atoms with van der Waals surface area (Å²) in [7, 11) is 1.54. The number of imidazole rings is 1. The maximum atomic E-state index is 13.3. The Morgan fingerprint density at radius 1 is 1.24 bits per heavy atom. The van der Waals surface area contributed by atoms with Crippen LogP contribution < -0.4 is 5.69 Å². The van der Waals surface area contributed by atoms with Gasteiger partial charge in [0.15, 0.2) is 0 Å². The van der Waals surface area contributed by atoms with Gasteiger partial charge >= 0.3 is 5.69 Å². The van der Waals surface area contributed by atoms with Gasteiger partial charge in [-0.15, -0.1) is 0 Å². The molecule has 0 unspecified atom stereocenters. The van der Waals surface area contributed by atoms with Crippen molar-refractivity contribution in [3.05, 3.63) is 58.5 Å². The summed E-state index contributed by atoms with van der Waals surface area (Å²) < 4.78 is 21.5. The summed E-state index contributed by atoms with van der Waals surface area (Å²) in [4.78, 5) is 21.5. The van der Waals surface area contributed by atoms with Crippen molar-refractivity contribution in [1.82, 2.24) is 19.1 Å². The van der Waals surface area contributed by atoms with Gasteiger partial charge in [0.2, 0.25) is 5.16 Å². The maximum Gasteiger partial charge on any atom is 0.333 e. The van der Waals surface area contributed by atoms with Gasteiger partial charge in [-0.05, 0) is 44.2 Å². The Balaban J connectivity index is 2.27. The van der Waals surface area contributed by atoms with E-state index in [-0.39, 0.29) is 11.5 Å². The fraction of sp³-hybridized carbons (Fsp3) is 0.235. The molecule has 3 aromatic rings. The second kappa shape index (κ2) is 7.20. The highest BCUT2D eigenvalue weighted by atomic mass is 32.2. The zero-order valence-electron chi connectivity index (χ0n) is 14.1. The molecule has 25 heavy (non-hydrogen) atoms. The smallest absolute Gasteiger partial charge is 0.311 e. The highest BCUT2D eigenvalue weighted by Crippen LogP contribution is 2.26. The minimum atomic E-state index is -0.356. The van der Waals surface area contributed by atoms with Gasteiger partial charge in [0.05, 0.1) is 36.2 Å². The van der Waals surface area contributed by atoms with Crippen LogP contribution in [0.1, 0.15) is 12.6 Å². The van der Waals surface area contributed by atoms with Gasteiger partial charge in [-0.2, -0.15) is 0 Å². The molecule has 0 saturated carbocycles. The van der Waals surface area contributed by atoms with Crippen molar-refractivity contribution in [1.29, 1.82) is 0 Å². The Morgan fingerprint density at radius 2 is 1.96 bits per heavy atom. The number of nitrogens with zero attached hydrogens (tertiary/aromatic N) is 4. The molecule has 2 aromatic heterocycles. The van der Waals surface area contributed by atoms with E-state index in [0.717, 1.165) is 17.7 Å². The van der Waals surface area contributed by atoms with E-state index >= 15 is 0 Å². The number of hydrogen-bond donors (Lipinski definition) is 0. The summed E-state index contributed by atoms with van der Waals surface area (Å²) in [5.74, 6) is -0.356. The van der Waals surface area contributed by atoms with E-state index in [1.54, 1.807) is 33.5 Å². The Labute approximate surface area is 148 Å². The highest BCUT2D eigenvalue weighted by molar-refractivity contribution is 7.94. The van der Waals surface area contributed by atoms with Gasteiger partial charge < -0.3 is 4.18 Å². The molecule has 0 amide bonds. The Kier molecular flexibility index (Phi) is 5.00. The molecule has 130 valence electrons. The number of halogens is 1. The van der Waals surface area contributed by atoms with E-state index in [1.807, 2.05) is 13.8 Å². The van der Waals surface area contributed by atoms with Crippen LogP contribution in [0.4, 0.5) is 4.39 Å². The van der Waals surface area contributed by atoms with Crippen molar-refractivity contribution >= 4 is 12.0 Å². The molecular weight excluding hydrogens is 343 g/mol. The van der Waals surface area contributed by atoms with Crippen LogP contribution in [0.3, 0.4) is 0 Å². The van der Waals surface area contributed by atoms with Gasteiger partial charge in [-0.1, -0.05) is 0 Å². The molecule has 2 heterocycles. The zero-order valence-corrected chi connectivity index (χ0v) is 14.9. The Bertz CT molecular complexity index is 950. The van der Waals surface area contributed by atoms with Crippen LogP contribution in [-0.4, -0.2) is 26.2 Å². The molecule has 0 spiro atoms. The minimum absolute atomic E-state index is 0.193. The molecule has 8 heteroatoms. The van der Waals surface area contributed by atoms with Crippen LogP contribution in [0.15, 0.2) is 46.5 Å². The SMILES string of the molecule is CCn1c(C)c(-c2ccnc(SOC)n2)n(-c2ccc(F)cc2)c1=O. The second-order valence-corrected chi connectivity index (χ2v) is 6.11. The van der Waals surface area contributed by atoms with Crippen LogP contribution in [-0.2, 0) is 10.7 Å². The minimum Gasteiger partial charge on any atom is -0.311 e. The van der Waals surface area contributed by atoms with Gasteiger partial charge in [0.1, 0.15) is 5.82 Å². The summed E-state index contributed by atoms with van der Waals surface area (Å²) in [5.41, 5.74) is 2.42. The summed E-state index contributed by atoms with van der Waals surface area (Å²) >= 11 is 1.04. The molecule has 1 aromatic carbocycles. The van der Waals surface area contributed by atoms with Gasteiger partial charge in [0, 0.05) is 18.4 Å². The van der Waals surface area contributed by atoms with Gasteiger partial charge in [-0.3, -0.25) is 9.13 Å². The third kappa shape index (κ3) is 3.22. The Hall–Kier alpha value is -2.45. The first-order valence-corrected chi connectivity index (χ1v) is 8.43. The van der Waals surface area contributed by atoms with E-state index in [0.29, 0.717) is 28.8 Å². The van der Waals surface area contributed by atoms with Crippen molar-refractivity contribution in [3.63, 3.8) is 0 Å². The molecule has 0 aliphatic rings. The molecule has 0 aliphatic carbocycles. The van der Waals surface area contributed by atoms with Crippen LogP contribution in [0.2, 0.25) is 0 Å². The molecule has 0 saturated heterocycles. The van der Waals surface area contributed by atoms with E-state index in [4.69, 9.17) is 4.18 Å². The normalized spacial score (nSPS) is 11.0. The maximum absolute atomic E-state index is 13.3. The van der Waals surface area contributed by atoms with Crippen LogP contribution in [0.25, 0.3) is 17.1 Å². The van der Waals surface area contributed by atoms with Crippen LogP contribution in [0, 0.1) is 12.7 Å². The van der Waals surface area contributed by atoms with E-state index in [9.17, 15) is 9.18 Å². The average molecular weight is 360 g/mol. The first-order valence-electron chi connectivity index (χ1n) is 7.69. The number of benzene rings is 1. The Morgan fingerprint density at radius 3 is 2.60 bits per heavy atom. The molecule has 3 rings (SSSR count). The third-order valence-electron chi connectivity index (χ3n) is 3.83. The lowest BCUT2D eigenvalue weighted by molar-refractivity contribution is 0.486. The fourth-order valence-corrected chi connectivity index (χ4v) is 3.13. The molecule has 0 N–H and O–H groups in total. The monoisotopic (exact) mass is 360 g/mol. The molecule has 0 atom stereocenters. The molecule has 0 aliphatic heterocycles. The second-order valence-electron chi connectivity index (χ2n) is 5.25. The molecule has 6 nitrogen and oxygen atoms in total. The van der Waals surface area contributed by atoms with Crippen molar-refractivity contribution in [2.24, 2.45) is 0 Å².